The van der Waals surface area contributed by atoms with Gasteiger partial charge in [0.05, 0.1) is 0 Å². The molecular weight excluding hydrogens is 172 g/mol. The second-order valence-corrected chi connectivity index (χ2v) is 5.40. The number of hydrogen-bond donors (Lipinski definition) is 1. The van der Waals surface area contributed by atoms with E-state index in [1.165, 1.54) is 25.9 Å². The molecule has 0 atom stereocenters. The molecule has 0 saturated carbocycles. The first-order chi connectivity index (χ1) is 6.45. The quantitative estimate of drug-likeness (QED) is 0.635. The molecule has 0 aliphatic rings. The third kappa shape index (κ3) is 10.0. The third-order valence-electron chi connectivity index (χ3n) is 2.12. The van der Waals surface area contributed by atoms with Crippen LogP contribution in [0.2, 0.25) is 0 Å². The van der Waals surface area contributed by atoms with E-state index in [2.05, 4.69) is 45.0 Å². The van der Waals surface area contributed by atoms with Gasteiger partial charge in [-0.15, -0.1) is 0 Å². The Bertz CT molecular complexity index is 127. The Labute approximate surface area is 90.1 Å². The van der Waals surface area contributed by atoms with Crippen molar-refractivity contribution < 1.29 is 0 Å². The summed E-state index contributed by atoms with van der Waals surface area (Å²) in [5.41, 5.74) is 0.415. The van der Waals surface area contributed by atoms with Gasteiger partial charge in [0.2, 0.25) is 0 Å². The van der Waals surface area contributed by atoms with Crippen molar-refractivity contribution >= 4 is 0 Å². The summed E-state index contributed by atoms with van der Waals surface area (Å²) >= 11 is 0. The van der Waals surface area contributed by atoms with Crippen molar-refractivity contribution in [3.8, 4) is 0 Å². The Morgan fingerprint density at radius 3 is 2.29 bits per heavy atom. The zero-order chi connectivity index (χ0) is 11.0. The van der Waals surface area contributed by atoms with Crippen LogP contribution in [0.5, 0.6) is 0 Å². The van der Waals surface area contributed by atoms with E-state index in [0.717, 1.165) is 13.1 Å². The minimum absolute atomic E-state index is 0.415. The molecule has 0 aromatic rings. The molecule has 0 spiro atoms. The molecule has 0 bridgehead atoms. The van der Waals surface area contributed by atoms with Gasteiger partial charge in [-0.2, -0.15) is 0 Å². The van der Waals surface area contributed by atoms with E-state index in [9.17, 15) is 0 Å². The van der Waals surface area contributed by atoms with Gasteiger partial charge in [0.15, 0.2) is 0 Å². The molecule has 14 heavy (non-hydrogen) atoms. The summed E-state index contributed by atoms with van der Waals surface area (Å²) in [7, 11) is 2.20. The van der Waals surface area contributed by atoms with Crippen molar-refractivity contribution in [3.05, 3.63) is 0 Å². The fourth-order valence-electron chi connectivity index (χ4n) is 1.59. The summed E-state index contributed by atoms with van der Waals surface area (Å²) in [6.45, 7) is 13.7. The molecule has 0 aromatic heterocycles. The summed E-state index contributed by atoms with van der Waals surface area (Å²) in [5, 5.41) is 3.46. The standard InChI is InChI=1S/C12H28N2/c1-6-7-8-13-9-10-14(5)11-12(2,3)4/h13H,6-11H2,1-5H3. The Balaban J connectivity index is 3.31. The van der Waals surface area contributed by atoms with Gasteiger partial charge in [-0.3, -0.25) is 0 Å². The van der Waals surface area contributed by atoms with Crippen LogP contribution in [0.4, 0.5) is 0 Å². The van der Waals surface area contributed by atoms with Crippen molar-refractivity contribution in [1.29, 1.82) is 0 Å². The number of nitrogens with zero attached hydrogens (tertiary/aromatic N) is 1. The number of likely N-dealkylation sites (N-methyl/N-ethyl adjacent to an activating group) is 1. The highest BCUT2D eigenvalue weighted by atomic mass is 15.1. The first kappa shape index (κ1) is 13.9. The predicted molar refractivity (Wildman–Crippen MR) is 64.7 cm³/mol. The predicted octanol–water partition coefficient (Wildman–Crippen LogP) is 2.35. The summed E-state index contributed by atoms with van der Waals surface area (Å²) < 4.78 is 0. The third-order valence-corrected chi connectivity index (χ3v) is 2.12. The van der Waals surface area contributed by atoms with Gasteiger partial charge in [-0.25, -0.2) is 0 Å². The minimum Gasteiger partial charge on any atom is -0.315 e. The van der Waals surface area contributed by atoms with Gasteiger partial charge in [0.1, 0.15) is 0 Å². The monoisotopic (exact) mass is 200 g/mol. The molecule has 2 nitrogen and oxygen atoms in total. The SMILES string of the molecule is CCCCNCCN(C)CC(C)(C)C. The Kier molecular flexibility index (Phi) is 7.20. The van der Waals surface area contributed by atoms with Crippen molar-refractivity contribution in [2.24, 2.45) is 5.41 Å². The molecule has 0 unspecified atom stereocenters. The topological polar surface area (TPSA) is 15.3 Å². The number of hydrogen-bond acceptors (Lipinski definition) is 2. The van der Waals surface area contributed by atoms with E-state index in [-0.39, 0.29) is 0 Å². The molecule has 0 heterocycles. The largest absolute Gasteiger partial charge is 0.315 e. The molecule has 0 radical (unpaired) electrons. The molecule has 0 aliphatic carbocycles. The highest BCUT2D eigenvalue weighted by Crippen LogP contribution is 2.13. The molecule has 0 aliphatic heterocycles. The van der Waals surface area contributed by atoms with Crippen molar-refractivity contribution in [3.63, 3.8) is 0 Å². The molecule has 86 valence electrons. The lowest BCUT2D eigenvalue weighted by atomic mass is 9.96. The molecule has 0 fully saturated rings. The van der Waals surface area contributed by atoms with Gasteiger partial charge in [0, 0.05) is 19.6 Å². The van der Waals surface area contributed by atoms with Gasteiger partial charge in [-0.1, -0.05) is 34.1 Å². The summed E-state index contributed by atoms with van der Waals surface area (Å²) in [4.78, 5) is 2.40. The smallest absolute Gasteiger partial charge is 0.0104 e. The molecule has 0 amide bonds. The second kappa shape index (κ2) is 7.24. The van der Waals surface area contributed by atoms with Crippen molar-refractivity contribution in [1.82, 2.24) is 10.2 Å². The van der Waals surface area contributed by atoms with Crippen LogP contribution in [0.3, 0.4) is 0 Å². The van der Waals surface area contributed by atoms with E-state index < -0.39 is 0 Å². The summed E-state index contributed by atoms with van der Waals surface area (Å²) in [6.07, 6.45) is 2.58. The summed E-state index contributed by atoms with van der Waals surface area (Å²) in [5.74, 6) is 0. The molecule has 0 saturated heterocycles. The second-order valence-electron chi connectivity index (χ2n) is 5.40. The van der Waals surface area contributed by atoms with Crippen LogP contribution in [-0.4, -0.2) is 38.1 Å². The molecule has 0 aromatic carbocycles. The van der Waals surface area contributed by atoms with Crippen molar-refractivity contribution in [2.45, 2.75) is 40.5 Å². The Morgan fingerprint density at radius 1 is 1.14 bits per heavy atom. The number of rotatable bonds is 7. The molecule has 2 heteroatoms. The Hall–Kier alpha value is -0.0800. The zero-order valence-electron chi connectivity index (χ0n) is 10.7. The van der Waals surface area contributed by atoms with E-state index in [1.54, 1.807) is 0 Å². The van der Waals surface area contributed by atoms with Crippen LogP contribution >= 0.6 is 0 Å². The molecular formula is C12H28N2. The van der Waals surface area contributed by atoms with Crippen LogP contribution in [0.15, 0.2) is 0 Å². The van der Waals surface area contributed by atoms with Crippen LogP contribution in [0.1, 0.15) is 40.5 Å². The van der Waals surface area contributed by atoms with Crippen LogP contribution in [0.25, 0.3) is 0 Å². The number of unbranched alkanes of at least 4 members (excludes halogenated alkanes) is 1. The summed E-state index contributed by atoms with van der Waals surface area (Å²) in [6, 6.07) is 0. The van der Waals surface area contributed by atoms with Gasteiger partial charge >= 0.3 is 0 Å². The minimum atomic E-state index is 0.415. The first-order valence-electron chi connectivity index (χ1n) is 5.85. The van der Waals surface area contributed by atoms with Crippen molar-refractivity contribution in [2.75, 3.05) is 33.2 Å². The zero-order valence-corrected chi connectivity index (χ0v) is 10.7. The number of nitrogens with one attached hydrogen (secondary N) is 1. The lowest BCUT2D eigenvalue weighted by Crippen LogP contribution is -2.35. The highest BCUT2D eigenvalue weighted by molar-refractivity contribution is 4.66. The normalized spacial score (nSPS) is 12.4. The van der Waals surface area contributed by atoms with Crippen LogP contribution < -0.4 is 5.32 Å². The Morgan fingerprint density at radius 2 is 1.79 bits per heavy atom. The van der Waals surface area contributed by atoms with E-state index in [1.807, 2.05) is 0 Å². The average Bonchev–Trinajstić information content (AvgIpc) is 2.00. The van der Waals surface area contributed by atoms with Crippen LogP contribution in [-0.2, 0) is 0 Å². The van der Waals surface area contributed by atoms with Crippen LogP contribution in [0, 0.1) is 5.41 Å². The fraction of sp³-hybridized carbons (Fsp3) is 1.00. The van der Waals surface area contributed by atoms with E-state index >= 15 is 0 Å². The average molecular weight is 200 g/mol. The van der Waals surface area contributed by atoms with E-state index in [4.69, 9.17) is 0 Å². The lowest BCUT2D eigenvalue weighted by molar-refractivity contribution is 0.227. The highest BCUT2D eigenvalue weighted by Gasteiger charge is 2.12. The maximum absolute atomic E-state index is 3.46. The maximum atomic E-state index is 3.46. The van der Waals surface area contributed by atoms with Gasteiger partial charge < -0.3 is 10.2 Å². The molecule has 1 N–H and O–H groups in total. The first-order valence-corrected chi connectivity index (χ1v) is 5.85. The maximum Gasteiger partial charge on any atom is 0.0104 e. The fourth-order valence-corrected chi connectivity index (χ4v) is 1.59. The molecule has 0 rings (SSSR count). The van der Waals surface area contributed by atoms with Gasteiger partial charge in [-0.05, 0) is 25.4 Å². The lowest BCUT2D eigenvalue weighted by Gasteiger charge is -2.26. The van der Waals surface area contributed by atoms with E-state index in [0.29, 0.717) is 5.41 Å². The van der Waals surface area contributed by atoms with Gasteiger partial charge in [0.25, 0.3) is 0 Å².